The molecular formula is C20H25NO2. The summed E-state index contributed by atoms with van der Waals surface area (Å²) >= 11 is 0. The van der Waals surface area contributed by atoms with Crippen molar-refractivity contribution in [2.24, 2.45) is 0 Å². The second-order valence-corrected chi connectivity index (χ2v) is 6.08. The largest absolute Gasteiger partial charge is 0.395 e. The van der Waals surface area contributed by atoms with Gasteiger partial charge in [-0.3, -0.25) is 4.90 Å². The highest BCUT2D eigenvalue weighted by atomic mass is 16.5. The molecule has 1 aliphatic rings. The lowest BCUT2D eigenvalue weighted by Crippen LogP contribution is -2.55. The second-order valence-electron chi connectivity index (χ2n) is 6.08. The molecule has 0 aliphatic carbocycles. The Balaban J connectivity index is 2.12. The van der Waals surface area contributed by atoms with Gasteiger partial charge in [-0.1, -0.05) is 60.7 Å². The van der Waals surface area contributed by atoms with Crippen LogP contribution in [0.5, 0.6) is 0 Å². The first-order valence-electron chi connectivity index (χ1n) is 8.34. The van der Waals surface area contributed by atoms with Gasteiger partial charge in [-0.05, 0) is 24.0 Å². The number of likely N-dealkylation sites (tertiary alicyclic amines) is 1. The molecule has 3 rings (SSSR count). The molecule has 2 atom stereocenters. The smallest absolute Gasteiger partial charge is 0.154 e. The molecule has 0 radical (unpaired) electrons. The summed E-state index contributed by atoms with van der Waals surface area (Å²) in [6.07, 6.45) is 2.19. The van der Waals surface area contributed by atoms with E-state index in [1.165, 1.54) is 5.56 Å². The first kappa shape index (κ1) is 16.2. The Labute approximate surface area is 138 Å². The number of methoxy groups -OCH3 is 1. The monoisotopic (exact) mass is 311 g/mol. The minimum atomic E-state index is -0.524. The summed E-state index contributed by atoms with van der Waals surface area (Å²) < 4.78 is 6.21. The first-order valence-corrected chi connectivity index (χ1v) is 8.34. The highest BCUT2D eigenvalue weighted by Crippen LogP contribution is 2.48. The highest BCUT2D eigenvalue weighted by molar-refractivity contribution is 5.32. The SMILES string of the molecule is COC1(c2ccccc2)C(c2ccccc2)CCCN1CCO. The maximum atomic E-state index is 9.55. The Morgan fingerprint density at radius 2 is 1.74 bits per heavy atom. The Morgan fingerprint density at radius 3 is 2.35 bits per heavy atom. The van der Waals surface area contributed by atoms with Gasteiger partial charge in [0.2, 0.25) is 0 Å². The van der Waals surface area contributed by atoms with E-state index in [2.05, 4.69) is 59.5 Å². The third kappa shape index (κ3) is 2.92. The van der Waals surface area contributed by atoms with E-state index in [1.807, 2.05) is 6.07 Å². The average molecular weight is 311 g/mol. The first-order chi connectivity index (χ1) is 11.3. The highest BCUT2D eigenvalue weighted by Gasteiger charge is 2.48. The molecule has 0 saturated carbocycles. The van der Waals surface area contributed by atoms with Crippen molar-refractivity contribution in [3.05, 3.63) is 71.8 Å². The summed E-state index contributed by atoms with van der Waals surface area (Å²) in [5.74, 6) is 0.247. The van der Waals surface area contributed by atoms with Crippen LogP contribution in [0.15, 0.2) is 60.7 Å². The fraction of sp³-hybridized carbons (Fsp3) is 0.400. The minimum absolute atomic E-state index is 0.138. The van der Waals surface area contributed by atoms with Gasteiger partial charge in [-0.15, -0.1) is 0 Å². The summed E-state index contributed by atoms with van der Waals surface area (Å²) in [6, 6.07) is 21.0. The maximum Gasteiger partial charge on any atom is 0.154 e. The Kier molecular flexibility index (Phi) is 5.11. The summed E-state index contributed by atoms with van der Waals surface area (Å²) in [5, 5.41) is 9.55. The topological polar surface area (TPSA) is 32.7 Å². The zero-order valence-corrected chi connectivity index (χ0v) is 13.7. The number of hydrogen-bond acceptors (Lipinski definition) is 3. The van der Waals surface area contributed by atoms with Crippen LogP contribution < -0.4 is 0 Å². The van der Waals surface area contributed by atoms with Crippen molar-refractivity contribution in [2.45, 2.75) is 24.5 Å². The van der Waals surface area contributed by atoms with Gasteiger partial charge >= 0.3 is 0 Å². The molecule has 2 unspecified atom stereocenters. The molecule has 1 N–H and O–H groups in total. The van der Waals surface area contributed by atoms with Crippen LogP contribution in [0.4, 0.5) is 0 Å². The van der Waals surface area contributed by atoms with Crippen molar-refractivity contribution >= 4 is 0 Å². The van der Waals surface area contributed by atoms with Gasteiger partial charge in [0.1, 0.15) is 0 Å². The van der Waals surface area contributed by atoms with Crippen LogP contribution in [0, 0.1) is 0 Å². The van der Waals surface area contributed by atoms with Crippen LogP contribution in [-0.2, 0) is 10.5 Å². The molecule has 1 saturated heterocycles. The van der Waals surface area contributed by atoms with Crippen molar-refractivity contribution in [3.8, 4) is 0 Å². The zero-order chi connectivity index (χ0) is 16.1. The van der Waals surface area contributed by atoms with E-state index in [1.54, 1.807) is 7.11 Å². The van der Waals surface area contributed by atoms with Crippen molar-refractivity contribution < 1.29 is 9.84 Å². The third-order valence-electron chi connectivity index (χ3n) is 4.93. The van der Waals surface area contributed by atoms with Crippen LogP contribution >= 0.6 is 0 Å². The lowest BCUT2D eigenvalue weighted by Gasteiger charge is -2.51. The Bertz CT molecular complexity index is 600. The number of β-amino-alcohol motifs (C(OH)–C–C–N with tert-alkyl or cyclic N) is 1. The molecule has 3 nitrogen and oxygen atoms in total. The van der Waals surface area contributed by atoms with Gasteiger partial charge in [0, 0.05) is 26.1 Å². The molecule has 1 heterocycles. The van der Waals surface area contributed by atoms with Gasteiger partial charge < -0.3 is 9.84 Å². The van der Waals surface area contributed by atoms with Gasteiger partial charge in [-0.2, -0.15) is 0 Å². The predicted octanol–water partition coefficient (Wildman–Crippen LogP) is 3.36. The van der Waals surface area contributed by atoms with E-state index in [0.29, 0.717) is 6.54 Å². The van der Waals surface area contributed by atoms with Crippen molar-refractivity contribution in [1.82, 2.24) is 4.90 Å². The molecule has 0 spiro atoms. The van der Waals surface area contributed by atoms with E-state index in [-0.39, 0.29) is 12.5 Å². The number of piperidine rings is 1. The lowest BCUT2D eigenvalue weighted by atomic mass is 9.76. The third-order valence-corrected chi connectivity index (χ3v) is 4.93. The average Bonchev–Trinajstić information content (AvgIpc) is 2.63. The van der Waals surface area contributed by atoms with Crippen molar-refractivity contribution in [3.63, 3.8) is 0 Å². The molecular weight excluding hydrogens is 286 g/mol. The normalized spacial score (nSPS) is 25.4. The second kappa shape index (κ2) is 7.26. The molecule has 122 valence electrons. The van der Waals surface area contributed by atoms with Crippen molar-refractivity contribution in [2.75, 3.05) is 26.8 Å². The minimum Gasteiger partial charge on any atom is -0.395 e. The quantitative estimate of drug-likeness (QED) is 0.919. The fourth-order valence-electron chi connectivity index (χ4n) is 3.99. The summed E-state index contributed by atoms with van der Waals surface area (Å²) in [4.78, 5) is 2.30. The molecule has 2 aromatic carbocycles. The van der Waals surface area contributed by atoms with Crippen LogP contribution in [0.3, 0.4) is 0 Å². The molecule has 23 heavy (non-hydrogen) atoms. The van der Waals surface area contributed by atoms with E-state index in [4.69, 9.17) is 4.74 Å². The van der Waals surface area contributed by atoms with Gasteiger partial charge in [0.25, 0.3) is 0 Å². The molecule has 0 amide bonds. The number of ether oxygens (including phenoxy) is 1. The fourth-order valence-corrected chi connectivity index (χ4v) is 3.99. The maximum absolute atomic E-state index is 9.55. The summed E-state index contributed by atoms with van der Waals surface area (Å²) in [6.45, 7) is 1.69. The number of nitrogens with zero attached hydrogens (tertiary/aromatic N) is 1. The summed E-state index contributed by atoms with van der Waals surface area (Å²) in [5.41, 5.74) is 1.93. The van der Waals surface area contributed by atoms with Crippen LogP contribution in [0.1, 0.15) is 29.9 Å². The van der Waals surface area contributed by atoms with Crippen LogP contribution in [-0.4, -0.2) is 36.8 Å². The molecule has 0 bridgehead atoms. The standard InChI is InChI=1S/C20H25NO2/c1-23-20(18-11-6-3-7-12-18)19(17-9-4-2-5-10-17)13-8-14-21(20)15-16-22/h2-7,9-12,19,22H,8,13-16H2,1H3. The van der Waals surface area contributed by atoms with Crippen LogP contribution in [0.25, 0.3) is 0 Å². The molecule has 1 aliphatic heterocycles. The molecule has 0 aromatic heterocycles. The van der Waals surface area contributed by atoms with Gasteiger partial charge in [0.05, 0.1) is 6.61 Å². The number of rotatable bonds is 5. The number of aliphatic hydroxyl groups is 1. The molecule has 2 aromatic rings. The predicted molar refractivity (Wildman–Crippen MR) is 92.2 cm³/mol. The van der Waals surface area contributed by atoms with Crippen molar-refractivity contribution in [1.29, 1.82) is 0 Å². The Hall–Kier alpha value is -1.68. The van der Waals surface area contributed by atoms with E-state index < -0.39 is 5.72 Å². The number of aliphatic hydroxyl groups excluding tert-OH is 1. The molecule has 1 fully saturated rings. The lowest BCUT2D eigenvalue weighted by molar-refractivity contribution is -0.182. The van der Waals surface area contributed by atoms with Gasteiger partial charge in [0.15, 0.2) is 5.72 Å². The van der Waals surface area contributed by atoms with Gasteiger partial charge in [-0.25, -0.2) is 0 Å². The van der Waals surface area contributed by atoms with E-state index >= 15 is 0 Å². The number of benzene rings is 2. The van der Waals surface area contributed by atoms with E-state index in [9.17, 15) is 5.11 Å². The molecule has 3 heteroatoms. The van der Waals surface area contributed by atoms with E-state index in [0.717, 1.165) is 24.9 Å². The van der Waals surface area contributed by atoms with Crippen LogP contribution in [0.2, 0.25) is 0 Å². The zero-order valence-electron chi connectivity index (χ0n) is 13.7. The Morgan fingerprint density at radius 1 is 1.09 bits per heavy atom. The summed E-state index contributed by atoms with van der Waals surface area (Å²) in [7, 11) is 1.79. The number of hydrogen-bond donors (Lipinski definition) is 1.